The predicted molar refractivity (Wildman–Crippen MR) is 66.5 cm³/mol. The third-order valence-corrected chi connectivity index (χ3v) is 2.91. The molecule has 0 amide bonds. The van der Waals surface area contributed by atoms with Crippen molar-refractivity contribution in [2.45, 2.75) is 13.0 Å². The molecule has 5 heteroatoms. The first-order valence-corrected chi connectivity index (χ1v) is 5.99. The monoisotopic (exact) mass is 248 g/mol. The lowest BCUT2D eigenvalue weighted by atomic mass is 10.1. The molecule has 0 unspecified atom stereocenters. The number of benzene rings is 1. The fraction of sp³-hybridized carbons (Fsp3) is 0.167. The summed E-state index contributed by atoms with van der Waals surface area (Å²) in [6.45, 7) is 0.284. The van der Waals surface area contributed by atoms with E-state index in [0.717, 1.165) is 10.4 Å². The molecule has 0 saturated carbocycles. The average molecular weight is 248 g/mol. The van der Waals surface area contributed by atoms with E-state index in [4.69, 9.17) is 10.5 Å². The molecule has 0 atom stereocenters. The summed E-state index contributed by atoms with van der Waals surface area (Å²) in [6.07, 6.45) is 1.93. The van der Waals surface area contributed by atoms with Crippen molar-refractivity contribution in [1.29, 1.82) is 0 Å². The highest BCUT2D eigenvalue weighted by Gasteiger charge is 2.06. The number of esters is 1. The molecule has 0 aliphatic carbocycles. The second-order valence-corrected chi connectivity index (χ2v) is 4.52. The molecule has 0 spiro atoms. The maximum Gasteiger partial charge on any atom is 0.310 e. The summed E-state index contributed by atoms with van der Waals surface area (Å²) in [6, 6.07) is 7.23. The van der Waals surface area contributed by atoms with E-state index in [1.807, 2.05) is 12.1 Å². The van der Waals surface area contributed by atoms with Crippen LogP contribution < -0.4 is 5.73 Å². The minimum Gasteiger partial charge on any atom is -0.460 e. The Balaban J connectivity index is 1.85. The molecular formula is C12H12N2O2S. The zero-order valence-electron chi connectivity index (χ0n) is 9.13. The van der Waals surface area contributed by atoms with Crippen molar-refractivity contribution in [3.63, 3.8) is 0 Å². The van der Waals surface area contributed by atoms with Crippen molar-refractivity contribution in [2.24, 2.45) is 0 Å². The quantitative estimate of drug-likeness (QED) is 0.664. The fourth-order valence-electron chi connectivity index (χ4n) is 1.39. The molecular weight excluding hydrogens is 236 g/mol. The second kappa shape index (κ2) is 5.45. The molecule has 0 radical (unpaired) electrons. The van der Waals surface area contributed by atoms with E-state index >= 15 is 0 Å². The Kier molecular flexibility index (Phi) is 3.72. The molecule has 1 heterocycles. The van der Waals surface area contributed by atoms with Crippen LogP contribution in [-0.2, 0) is 22.6 Å². The van der Waals surface area contributed by atoms with Crippen molar-refractivity contribution >= 4 is 23.0 Å². The van der Waals surface area contributed by atoms with Gasteiger partial charge in [0.15, 0.2) is 0 Å². The van der Waals surface area contributed by atoms with Crippen molar-refractivity contribution in [1.82, 2.24) is 4.98 Å². The SMILES string of the molecule is Nc1cccc(CC(=O)OCc2cncs2)c1. The number of carbonyl (C=O) groups is 1. The van der Waals surface area contributed by atoms with Crippen LogP contribution in [0.2, 0.25) is 0 Å². The van der Waals surface area contributed by atoms with E-state index in [2.05, 4.69) is 4.98 Å². The van der Waals surface area contributed by atoms with Crippen LogP contribution in [0.25, 0.3) is 0 Å². The molecule has 0 aliphatic rings. The largest absolute Gasteiger partial charge is 0.460 e. The van der Waals surface area contributed by atoms with Crippen molar-refractivity contribution in [2.75, 3.05) is 5.73 Å². The van der Waals surface area contributed by atoms with Crippen LogP contribution in [0.4, 0.5) is 5.69 Å². The smallest absolute Gasteiger partial charge is 0.310 e. The summed E-state index contributed by atoms with van der Waals surface area (Å²) in [5.74, 6) is -0.260. The van der Waals surface area contributed by atoms with Crippen molar-refractivity contribution in [3.05, 3.63) is 46.4 Å². The molecule has 1 aromatic heterocycles. The molecule has 2 aromatic rings. The number of nitrogens with two attached hydrogens (primary N) is 1. The van der Waals surface area contributed by atoms with Crippen LogP contribution in [0.15, 0.2) is 36.0 Å². The zero-order valence-corrected chi connectivity index (χ0v) is 9.94. The summed E-state index contributed by atoms with van der Waals surface area (Å²) in [4.78, 5) is 16.4. The third kappa shape index (κ3) is 3.57. The van der Waals surface area contributed by atoms with E-state index in [1.54, 1.807) is 23.8 Å². The highest BCUT2D eigenvalue weighted by Crippen LogP contribution is 2.10. The predicted octanol–water partition coefficient (Wildman–Crippen LogP) is 2.01. The topological polar surface area (TPSA) is 65.2 Å². The first-order chi connectivity index (χ1) is 8.24. The lowest BCUT2D eigenvalue weighted by Crippen LogP contribution is -2.07. The van der Waals surface area contributed by atoms with Crippen LogP contribution in [0.3, 0.4) is 0 Å². The second-order valence-electron chi connectivity index (χ2n) is 3.55. The number of thiazole rings is 1. The molecule has 0 bridgehead atoms. The van der Waals surface area contributed by atoms with Gasteiger partial charge in [0.2, 0.25) is 0 Å². The molecule has 0 aliphatic heterocycles. The van der Waals surface area contributed by atoms with Gasteiger partial charge in [0, 0.05) is 11.9 Å². The number of hydrogen-bond acceptors (Lipinski definition) is 5. The molecule has 0 fully saturated rings. The standard InChI is InChI=1S/C12H12N2O2S/c13-10-3-1-2-9(4-10)5-12(15)16-7-11-6-14-8-17-11/h1-4,6,8H,5,7,13H2. The summed E-state index contributed by atoms with van der Waals surface area (Å²) >= 11 is 1.47. The Hall–Kier alpha value is -1.88. The van der Waals surface area contributed by atoms with E-state index in [1.165, 1.54) is 11.3 Å². The summed E-state index contributed by atoms with van der Waals surface area (Å²) in [7, 11) is 0. The van der Waals surface area contributed by atoms with Gasteiger partial charge in [-0.2, -0.15) is 0 Å². The van der Waals surface area contributed by atoms with E-state index in [9.17, 15) is 4.79 Å². The number of nitrogen functional groups attached to an aromatic ring is 1. The van der Waals surface area contributed by atoms with Crippen molar-refractivity contribution < 1.29 is 9.53 Å². The molecule has 17 heavy (non-hydrogen) atoms. The highest BCUT2D eigenvalue weighted by atomic mass is 32.1. The summed E-state index contributed by atoms with van der Waals surface area (Å²) in [5, 5.41) is 0. The maximum absolute atomic E-state index is 11.5. The average Bonchev–Trinajstić information content (AvgIpc) is 2.79. The van der Waals surface area contributed by atoms with Gasteiger partial charge in [-0.25, -0.2) is 0 Å². The first-order valence-electron chi connectivity index (χ1n) is 5.11. The lowest BCUT2D eigenvalue weighted by Gasteiger charge is -2.03. The molecule has 1 aromatic carbocycles. The number of carbonyl (C=O) groups excluding carboxylic acids is 1. The Morgan fingerprint density at radius 3 is 3.06 bits per heavy atom. The van der Waals surface area contributed by atoms with Crippen LogP contribution in [0, 0.1) is 0 Å². The molecule has 88 valence electrons. The number of nitrogens with zero attached hydrogens (tertiary/aromatic N) is 1. The van der Waals surface area contributed by atoms with Gasteiger partial charge in [0.05, 0.1) is 16.8 Å². The van der Waals surface area contributed by atoms with Crippen LogP contribution in [-0.4, -0.2) is 11.0 Å². The number of aromatic nitrogens is 1. The maximum atomic E-state index is 11.5. The van der Waals surface area contributed by atoms with E-state index < -0.39 is 0 Å². The third-order valence-electron chi connectivity index (χ3n) is 2.16. The Bertz CT molecular complexity index is 497. The van der Waals surface area contributed by atoms with Gasteiger partial charge >= 0.3 is 5.97 Å². The Morgan fingerprint density at radius 1 is 1.47 bits per heavy atom. The lowest BCUT2D eigenvalue weighted by molar-refractivity contribution is -0.144. The number of rotatable bonds is 4. The fourth-order valence-corrected chi connectivity index (χ4v) is 1.89. The van der Waals surface area contributed by atoms with Gasteiger partial charge in [-0.15, -0.1) is 11.3 Å². The molecule has 0 saturated heterocycles. The number of hydrogen-bond donors (Lipinski definition) is 1. The minimum atomic E-state index is -0.260. The Labute approximate surface area is 103 Å². The van der Waals surface area contributed by atoms with Crippen LogP contribution in [0.5, 0.6) is 0 Å². The number of anilines is 1. The highest BCUT2D eigenvalue weighted by molar-refractivity contribution is 7.09. The van der Waals surface area contributed by atoms with Gasteiger partial charge < -0.3 is 10.5 Å². The molecule has 4 nitrogen and oxygen atoms in total. The van der Waals surface area contributed by atoms with Gasteiger partial charge in [-0.1, -0.05) is 12.1 Å². The normalized spacial score (nSPS) is 10.1. The van der Waals surface area contributed by atoms with Gasteiger partial charge in [0.1, 0.15) is 6.61 Å². The summed E-state index contributed by atoms with van der Waals surface area (Å²) in [5.41, 5.74) is 8.85. The van der Waals surface area contributed by atoms with Gasteiger partial charge in [-0.05, 0) is 17.7 Å². The van der Waals surface area contributed by atoms with Crippen LogP contribution >= 0.6 is 11.3 Å². The molecule has 2 rings (SSSR count). The van der Waals surface area contributed by atoms with Crippen molar-refractivity contribution in [3.8, 4) is 0 Å². The van der Waals surface area contributed by atoms with Gasteiger partial charge in [0.25, 0.3) is 0 Å². The van der Waals surface area contributed by atoms with Gasteiger partial charge in [-0.3, -0.25) is 9.78 Å². The molecule has 2 N–H and O–H groups in total. The minimum absolute atomic E-state index is 0.240. The number of ether oxygens (including phenoxy) is 1. The first kappa shape index (κ1) is 11.6. The van der Waals surface area contributed by atoms with E-state index in [0.29, 0.717) is 5.69 Å². The van der Waals surface area contributed by atoms with E-state index in [-0.39, 0.29) is 19.0 Å². The van der Waals surface area contributed by atoms with Crippen LogP contribution in [0.1, 0.15) is 10.4 Å². The zero-order chi connectivity index (χ0) is 12.1. The summed E-state index contributed by atoms with van der Waals surface area (Å²) < 4.78 is 5.12. The Morgan fingerprint density at radius 2 is 2.35 bits per heavy atom.